The minimum absolute atomic E-state index is 0.0757. The zero-order valence-electron chi connectivity index (χ0n) is 20.8. The van der Waals surface area contributed by atoms with Crippen molar-refractivity contribution in [2.75, 3.05) is 26.7 Å². The maximum Gasteiger partial charge on any atom is 0.247 e. The molecular weight excluding hydrogens is 438 g/mol. The first-order valence-electron chi connectivity index (χ1n) is 11.7. The molecule has 3 saturated heterocycles. The number of aliphatic hydroxyl groups excluding tert-OH is 1. The molecular formula is C25H39N3O4S. The molecule has 0 aliphatic carbocycles. The number of likely N-dealkylation sites (tertiary alicyclic amines) is 1. The van der Waals surface area contributed by atoms with Crippen LogP contribution in [0.3, 0.4) is 0 Å². The van der Waals surface area contributed by atoms with E-state index >= 15 is 0 Å². The van der Waals surface area contributed by atoms with Crippen molar-refractivity contribution < 1.29 is 19.5 Å². The summed E-state index contributed by atoms with van der Waals surface area (Å²) in [6, 6.07) is -1.25. The van der Waals surface area contributed by atoms with E-state index in [2.05, 4.69) is 20.1 Å². The molecule has 0 aromatic carbocycles. The quantitative estimate of drug-likeness (QED) is 0.543. The summed E-state index contributed by atoms with van der Waals surface area (Å²) < 4.78 is -1.10. The van der Waals surface area contributed by atoms with Crippen molar-refractivity contribution in [2.45, 2.75) is 74.6 Å². The molecule has 3 aliphatic heterocycles. The van der Waals surface area contributed by atoms with E-state index in [1.165, 1.54) is 0 Å². The summed E-state index contributed by atoms with van der Waals surface area (Å²) in [5.74, 6) is -1.50. The molecule has 0 aromatic heterocycles. The fourth-order valence-corrected chi connectivity index (χ4v) is 8.40. The number of nitrogens with zero attached hydrogens (tertiary/aromatic N) is 3. The first-order valence-corrected chi connectivity index (χ1v) is 12.5. The predicted molar refractivity (Wildman–Crippen MR) is 132 cm³/mol. The molecule has 2 bridgehead atoms. The second kappa shape index (κ2) is 8.77. The standard InChI is InChI=1S/C25H39N3O4S/c1-9-13-26(8)20(30)17-18-21(31)28(16(3)15-29)19(25(18)12-11-24(17,7)33-25)22(32)27(14-10-2)23(4,5)6/h9-10,16-19,29H,1-2,11-15H2,3-8H3/t16-,17-,18+,19?,24+,25?/m1/s1. The molecule has 3 aliphatic rings. The molecule has 0 saturated carbocycles. The SMILES string of the molecule is C=CCN(C)C(=O)[C@H]1[C@H]2C(=O)N([C@H](C)CO)C(C(=O)N(CC=C)C(C)(C)C)C23CC[C@]1(C)S3. The van der Waals surface area contributed by atoms with Gasteiger partial charge in [-0.05, 0) is 47.5 Å². The highest BCUT2D eigenvalue weighted by atomic mass is 32.2. The summed E-state index contributed by atoms with van der Waals surface area (Å²) in [5.41, 5.74) is -0.470. The van der Waals surface area contributed by atoms with Crippen LogP contribution in [0, 0.1) is 11.8 Å². The highest BCUT2D eigenvalue weighted by molar-refractivity contribution is 8.02. The van der Waals surface area contributed by atoms with Gasteiger partial charge in [0.25, 0.3) is 0 Å². The third-order valence-electron chi connectivity index (χ3n) is 7.62. The van der Waals surface area contributed by atoms with Crippen LogP contribution in [-0.2, 0) is 14.4 Å². The molecule has 3 amide bonds. The normalized spacial score (nSPS) is 33.6. The summed E-state index contributed by atoms with van der Waals surface area (Å²) >= 11 is 1.65. The third-order valence-corrected chi connectivity index (χ3v) is 9.61. The number of aliphatic hydroxyl groups is 1. The van der Waals surface area contributed by atoms with Crippen molar-refractivity contribution in [1.29, 1.82) is 0 Å². The van der Waals surface area contributed by atoms with Gasteiger partial charge in [0.2, 0.25) is 17.7 Å². The number of carbonyl (C=O) groups excluding carboxylic acids is 3. The summed E-state index contributed by atoms with van der Waals surface area (Å²) in [6.07, 6.45) is 4.83. The molecule has 7 nitrogen and oxygen atoms in total. The molecule has 0 radical (unpaired) electrons. The maximum absolute atomic E-state index is 14.2. The Morgan fingerprint density at radius 3 is 2.36 bits per heavy atom. The summed E-state index contributed by atoms with van der Waals surface area (Å²) in [4.78, 5) is 46.7. The maximum atomic E-state index is 14.2. The lowest BCUT2D eigenvalue weighted by Gasteiger charge is -2.43. The molecule has 0 aromatic rings. The Balaban J connectivity index is 2.14. The second-order valence-electron chi connectivity index (χ2n) is 10.9. The van der Waals surface area contributed by atoms with Gasteiger partial charge in [0, 0.05) is 30.4 Å². The molecule has 1 spiro atoms. The van der Waals surface area contributed by atoms with Crippen LogP contribution in [0.25, 0.3) is 0 Å². The third kappa shape index (κ3) is 3.83. The summed E-state index contributed by atoms with van der Waals surface area (Å²) in [5, 5.41) is 10.0. The Hall–Kier alpha value is -1.80. The van der Waals surface area contributed by atoms with Crippen molar-refractivity contribution in [3.05, 3.63) is 25.3 Å². The van der Waals surface area contributed by atoms with E-state index in [4.69, 9.17) is 0 Å². The van der Waals surface area contributed by atoms with Gasteiger partial charge in [-0.1, -0.05) is 12.2 Å². The zero-order chi connectivity index (χ0) is 24.9. The summed E-state index contributed by atoms with van der Waals surface area (Å²) in [7, 11) is 1.73. The highest BCUT2D eigenvalue weighted by Crippen LogP contribution is 2.71. The first kappa shape index (κ1) is 25.8. The molecule has 3 rings (SSSR count). The smallest absolute Gasteiger partial charge is 0.247 e. The molecule has 3 fully saturated rings. The van der Waals surface area contributed by atoms with Crippen LogP contribution in [0.4, 0.5) is 0 Å². The average Bonchev–Trinajstić information content (AvgIpc) is 3.30. The van der Waals surface area contributed by atoms with Gasteiger partial charge in [0.1, 0.15) is 6.04 Å². The fourth-order valence-electron chi connectivity index (χ4n) is 6.07. The van der Waals surface area contributed by atoms with E-state index in [0.717, 1.165) is 6.42 Å². The van der Waals surface area contributed by atoms with E-state index < -0.39 is 39.0 Å². The van der Waals surface area contributed by atoms with Gasteiger partial charge in [-0.15, -0.1) is 24.9 Å². The number of carbonyl (C=O) groups is 3. The van der Waals surface area contributed by atoms with E-state index in [1.54, 1.807) is 52.6 Å². The molecule has 2 unspecified atom stereocenters. The van der Waals surface area contributed by atoms with Gasteiger partial charge in [-0.25, -0.2) is 0 Å². The highest BCUT2D eigenvalue weighted by Gasteiger charge is 2.77. The molecule has 184 valence electrons. The van der Waals surface area contributed by atoms with Gasteiger partial charge in [0.15, 0.2) is 0 Å². The molecule has 1 N–H and O–H groups in total. The minimum atomic E-state index is -0.731. The van der Waals surface area contributed by atoms with Crippen molar-refractivity contribution in [2.24, 2.45) is 11.8 Å². The van der Waals surface area contributed by atoms with Crippen LogP contribution in [0.2, 0.25) is 0 Å². The Labute approximate surface area is 202 Å². The number of hydrogen-bond acceptors (Lipinski definition) is 5. The molecule has 6 atom stereocenters. The van der Waals surface area contributed by atoms with Crippen LogP contribution in [0.15, 0.2) is 25.3 Å². The first-order chi connectivity index (χ1) is 15.3. The largest absolute Gasteiger partial charge is 0.394 e. The van der Waals surface area contributed by atoms with Gasteiger partial charge in [-0.2, -0.15) is 0 Å². The Morgan fingerprint density at radius 1 is 1.24 bits per heavy atom. The predicted octanol–water partition coefficient (Wildman–Crippen LogP) is 2.31. The monoisotopic (exact) mass is 477 g/mol. The Kier molecular flexibility index (Phi) is 6.86. The van der Waals surface area contributed by atoms with E-state index in [0.29, 0.717) is 19.5 Å². The van der Waals surface area contributed by atoms with E-state index in [-0.39, 0.29) is 24.3 Å². The minimum Gasteiger partial charge on any atom is -0.394 e. The zero-order valence-corrected chi connectivity index (χ0v) is 21.7. The topological polar surface area (TPSA) is 81.2 Å². The lowest BCUT2D eigenvalue weighted by molar-refractivity contribution is -0.148. The van der Waals surface area contributed by atoms with Crippen molar-refractivity contribution in [3.63, 3.8) is 0 Å². The number of hydrogen-bond donors (Lipinski definition) is 1. The summed E-state index contributed by atoms with van der Waals surface area (Å²) in [6.45, 7) is 17.8. The van der Waals surface area contributed by atoms with E-state index in [9.17, 15) is 19.5 Å². The van der Waals surface area contributed by atoms with Crippen molar-refractivity contribution in [1.82, 2.24) is 14.7 Å². The molecule has 8 heteroatoms. The van der Waals surface area contributed by atoms with Crippen molar-refractivity contribution >= 4 is 29.5 Å². The second-order valence-corrected chi connectivity index (χ2v) is 12.8. The van der Waals surface area contributed by atoms with Crippen LogP contribution in [-0.4, -0.2) is 91.4 Å². The number of amides is 3. The van der Waals surface area contributed by atoms with Crippen LogP contribution in [0.5, 0.6) is 0 Å². The van der Waals surface area contributed by atoms with Gasteiger partial charge in [0.05, 0.1) is 29.2 Å². The van der Waals surface area contributed by atoms with Gasteiger partial charge in [-0.3, -0.25) is 14.4 Å². The van der Waals surface area contributed by atoms with Gasteiger partial charge < -0.3 is 19.8 Å². The lowest BCUT2D eigenvalue weighted by atomic mass is 9.66. The number of fused-ring (bicyclic) bond motifs is 1. The fraction of sp³-hybridized carbons (Fsp3) is 0.720. The number of thioether (sulfide) groups is 1. The Bertz CT molecular complexity index is 855. The molecule has 33 heavy (non-hydrogen) atoms. The molecule has 3 heterocycles. The van der Waals surface area contributed by atoms with Crippen LogP contribution >= 0.6 is 11.8 Å². The lowest BCUT2D eigenvalue weighted by Crippen LogP contribution is -2.60. The van der Waals surface area contributed by atoms with Crippen LogP contribution in [0.1, 0.15) is 47.5 Å². The van der Waals surface area contributed by atoms with Crippen molar-refractivity contribution in [3.8, 4) is 0 Å². The van der Waals surface area contributed by atoms with Crippen LogP contribution < -0.4 is 0 Å². The number of likely N-dealkylation sites (N-methyl/N-ethyl adjacent to an activating group) is 1. The van der Waals surface area contributed by atoms with E-state index in [1.807, 2.05) is 20.8 Å². The Morgan fingerprint density at radius 2 is 1.85 bits per heavy atom. The van der Waals surface area contributed by atoms with Gasteiger partial charge >= 0.3 is 0 Å². The number of rotatable bonds is 8. The average molecular weight is 478 g/mol.